The largest absolute Gasteiger partial charge is 0.390 e. The van der Waals surface area contributed by atoms with Crippen LogP contribution in [0.5, 0.6) is 0 Å². The average molecular weight is 440 g/mol. The summed E-state index contributed by atoms with van der Waals surface area (Å²) in [5.41, 5.74) is -0.247. The highest BCUT2D eigenvalue weighted by molar-refractivity contribution is 8.45. The van der Waals surface area contributed by atoms with E-state index in [1.54, 1.807) is 6.92 Å². The number of aliphatic hydroxyl groups excluding tert-OH is 1. The van der Waals surface area contributed by atoms with Crippen LogP contribution in [0.15, 0.2) is 34.0 Å². The Kier molecular flexibility index (Phi) is 4.56. The second kappa shape index (κ2) is 6.24. The van der Waals surface area contributed by atoms with Crippen molar-refractivity contribution in [3.63, 3.8) is 0 Å². The molecule has 1 unspecified atom stereocenters. The van der Waals surface area contributed by atoms with E-state index in [0.29, 0.717) is 12.1 Å². The van der Waals surface area contributed by atoms with Crippen LogP contribution >= 0.6 is 10.2 Å². The van der Waals surface area contributed by atoms with Gasteiger partial charge in [-0.3, -0.25) is 4.79 Å². The van der Waals surface area contributed by atoms with Crippen LogP contribution in [0, 0.1) is 0 Å². The number of methoxy groups -OCH3 is 1. The Balaban J connectivity index is 2.12. The van der Waals surface area contributed by atoms with Crippen molar-refractivity contribution in [3.05, 3.63) is 51.7 Å². The fraction of sp³-hybridized carbons (Fsp3) is 0.312. The summed E-state index contributed by atoms with van der Waals surface area (Å²) < 4.78 is 70.8. The lowest BCUT2D eigenvalue weighted by molar-refractivity contribution is 0.178. The topological polar surface area (TPSA) is 93.0 Å². The Morgan fingerprint density at radius 1 is 1.21 bits per heavy atom. The van der Waals surface area contributed by atoms with Crippen molar-refractivity contribution >= 4 is 21.3 Å². The molecule has 0 fully saturated rings. The molecule has 13 heteroatoms. The van der Waals surface area contributed by atoms with Crippen molar-refractivity contribution in [2.24, 2.45) is 0 Å². The minimum atomic E-state index is -9.78. The number of nitrogens with one attached hydrogen (secondary N) is 1. The number of benzene rings is 1. The third-order valence-electron chi connectivity index (χ3n) is 4.29. The van der Waals surface area contributed by atoms with Gasteiger partial charge in [-0.25, -0.2) is 9.67 Å². The maximum Gasteiger partial charge on any atom is 0.310 e. The van der Waals surface area contributed by atoms with Crippen LogP contribution in [-0.4, -0.2) is 32.0 Å². The van der Waals surface area contributed by atoms with Crippen LogP contribution in [0.3, 0.4) is 0 Å². The van der Waals surface area contributed by atoms with E-state index < -0.39 is 33.3 Å². The summed E-state index contributed by atoms with van der Waals surface area (Å²) in [6.45, 7) is 0.951. The van der Waals surface area contributed by atoms with Crippen LogP contribution in [0.4, 0.5) is 19.4 Å². The number of hydrogen-bond donors (Lipinski definition) is 2. The Labute approximate surface area is 160 Å². The molecule has 2 aromatic heterocycles. The van der Waals surface area contributed by atoms with E-state index in [1.807, 2.05) is 0 Å². The summed E-state index contributed by atoms with van der Waals surface area (Å²) in [5, 5.41) is 13.6. The van der Waals surface area contributed by atoms with Crippen LogP contribution in [0.2, 0.25) is 0 Å². The van der Waals surface area contributed by atoms with Crippen LogP contribution < -0.4 is 5.56 Å². The van der Waals surface area contributed by atoms with Gasteiger partial charge in [0.2, 0.25) is 0 Å². The molecule has 1 atom stereocenters. The lowest BCUT2D eigenvalue weighted by Crippen LogP contribution is -2.15. The molecule has 3 rings (SSSR count). The van der Waals surface area contributed by atoms with Gasteiger partial charge in [0, 0.05) is 7.11 Å². The zero-order valence-corrected chi connectivity index (χ0v) is 16.0. The second-order valence-corrected chi connectivity index (χ2v) is 8.82. The van der Waals surface area contributed by atoms with E-state index in [0.717, 1.165) is 12.1 Å². The zero-order valence-electron chi connectivity index (χ0n) is 15.2. The summed E-state index contributed by atoms with van der Waals surface area (Å²) in [5.74, 6) is 0.180. The number of nitrogens with zero attached hydrogens (tertiary/aromatic N) is 3. The lowest BCUT2D eigenvalue weighted by Gasteiger charge is -2.40. The Morgan fingerprint density at radius 2 is 1.83 bits per heavy atom. The number of hydrogen-bond acceptors (Lipinski definition) is 5. The van der Waals surface area contributed by atoms with E-state index in [1.165, 1.54) is 11.8 Å². The van der Waals surface area contributed by atoms with Gasteiger partial charge >= 0.3 is 10.2 Å². The molecule has 0 aliphatic heterocycles. The van der Waals surface area contributed by atoms with Crippen molar-refractivity contribution in [2.45, 2.75) is 31.1 Å². The van der Waals surface area contributed by atoms with Gasteiger partial charge in [0.1, 0.15) is 28.4 Å². The summed E-state index contributed by atoms with van der Waals surface area (Å²) in [7, 11) is -8.39. The van der Waals surface area contributed by atoms with Crippen LogP contribution in [0.1, 0.15) is 30.0 Å². The highest BCUT2D eigenvalue weighted by Gasteiger charge is 2.65. The van der Waals surface area contributed by atoms with Gasteiger partial charge in [-0.1, -0.05) is 31.6 Å². The quantitative estimate of drug-likeness (QED) is 0.565. The summed E-state index contributed by atoms with van der Waals surface area (Å²) in [6.07, 6.45) is 0. The first-order valence-electron chi connectivity index (χ1n) is 8.19. The molecule has 0 bridgehead atoms. The fourth-order valence-corrected chi connectivity index (χ4v) is 3.54. The van der Waals surface area contributed by atoms with Crippen LogP contribution in [-0.2, 0) is 18.0 Å². The molecule has 0 saturated carbocycles. The Morgan fingerprint density at radius 3 is 2.34 bits per heavy atom. The van der Waals surface area contributed by atoms with Crippen molar-refractivity contribution in [2.75, 3.05) is 7.11 Å². The summed E-state index contributed by atoms with van der Waals surface area (Å²) >= 11 is 0. The van der Waals surface area contributed by atoms with Crippen molar-refractivity contribution in [1.29, 1.82) is 0 Å². The average Bonchev–Trinajstić information content (AvgIpc) is 2.99. The van der Waals surface area contributed by atoms with Crippen molar-refractivity contribution in [1.82, 2.24) is 19.7 Å². The normalized spacial score (nSPS) is 15.9. The molecule has 0 spiro atoms. The number of aliphatic hydroxyl groups is 1. The maximum atomic E-state index is 12.9. The molecule has 160 valence electrons. The number of rotatable bonds is 6. The van der Waals surface area contributed by atoms with Gasteiger partial charge in [-0.15, -0.1) is 0 Å². The number of halogens is 5. The lowest BCUT2D eigenvalue weighted by atomic mass is 10.1. The third-order valence-corrected chi connectivity index (χ3v) is 5.45. The standard InChI is InChI=1S/C16H17F5N4O3S/c1-9(10-3-5-11(6-4-10)29(17,18,19,20)21)25-15-14(12(7-26)24-25)16(27)23-13(22-15)8-28-2/h3-6,9,26H,7-8H2,1-2H3,(H,22,23,27). The Hall–Kier alpha value is -2.51. The fourth-order valence-electron chi connectivity index (χ4n) is 2.89. The Bertz CT molecular complexity index is 1130. The molecule has 29 heavy (non-hydrogen) atoms. The monoisotopic (exact) mass is 440 g/mol. The minimum absolute atomic E-state index is 0.0161. The van der Waals surface area contributed by atoms with E-state index in [4.69, 9.17) is 4.74 Å². The minimum Gasteiger partial charge on any atom is -0.390 e. The van der Waals surface area contributed by atoms with Gasteiger partial charge in [-0.05, 0) is 24.6 Å². The predicted molar refractivity (Wildman–Crippen MR) is 96.4 cm³/mol. The number of fused-ring (bicyclic) bond motifs is 1. The summed E-state index contributed by atoms with van der Waals surface area (Å²) in [4.78, 5) is 17.1. The molecule has 0 aliphatic carbocycles. The molecule has 1 aromatic carbocycles. The molecule has 3 aromatic rings. The van der Waals surface area contributed by atoms with Crippen molar-refractivity contribution < 1.29 is 29.3 Å². The van der Waals surface area contributed by atoms with Gasteiger partial charge < -0.3 is 14.8 Å². The molecule has 0 aliphatic rings. The SMILES string of the molecule is COCc1nc2c(c(CO)nn2C(C)c2ccc(S(F)(F)(F)(F)F)cc2)c(=O)[nH]1. The number of aromatic amines is 1. The highest BCUT2D eigenvalue weighted by atomic mass is 32.5. The van der Waals surface area contributed by atoms with Gasteiger partial charge in [-0.2, -0.15) is 5.10 Å². The first-order valence-corrected chi connectivity index (χ1v) is 10.1. The van der Waals surface area contributed by atoms with E-state index in [-0.39, 0.29) is 34.7 Å². The molecule has 0 saturated heterocycles. The summed E-state index contributed by atoms with van der Waals surface area (Å²) in [6, 6.07) is 1.67. The van der Waals surface area contributed by atoms with Gasteiger partial charge in [0.05, 0.1) is 12.6 Å². The molecular formula is C16H17F5N4O3S. The first kappa shape index (κ1) is 21.2. The van der Waals surface area contributed by atoms with E-state index >= 15 is 0 Å². The molecule has 2 N–H and O–H groups in total. The third kappa shape index (κ3) is 4.11. The van der Waals surface area contributed by atoms with Gasteiger partial charge in [0.15, 0.2) is 5.65 Å². The van der Waals surface area contributed by atoms with E-state index in [2.05, 4.69) is 15.1 Å². The van der Waals surface area contributed by atoms with Gasteiger partial charge in [0.25, 0.3) is 5.56 Å². The van der Waals surface area contributed by atoms with Crippen LogP contribution in [0.25, 0.3) is 11.0 Å². The first-order chi connectivity index (χ1) is 13.2. The van der Waals surface area contributed by atoms with Crippen molar-refractivity contribution in [3.8, 4) is 0 Å². The number of aromatic nitrogens is 4. The molecule has 0 radical (unpaired) electrons. The molecule has 2 heterocycles. The molecule has 7 nitrogen and oxygen atoms in total. The molecule has 0 amide bonds. The smallest absolute Gasteiger partial charge is 0.310 e. The number of ether oxygens (including phenoxy) is 1. The molecular weight excluding hydrogens is 423 g/mol. The second-order valence-electron chi connectivity index (χ2n) is 6.41. The van der Waals surface area contributed by atoms with E-state index in [9.17, 15) is 29.3 Å². The predicted octanol–water partition coefficient (Wildman–Crippen LogP) is 4.03. The number of H-pyrrole nitrogens is 1. The maximum absolute atomic E-state index is 12.9. The highest BCUT2D eigenvalue weighted by Crippen LogP contribution is 3.02. The zero-order chi connectivity index (χ0) is 21.7.